The summed E-state index contributed by atoms with van der Waals surface area (Å²) in [6.07, 6.45) is 1.52. The second-order valence-corrected chi connectivity index (χ2v) is 4.97. The third kappa shape index (κ3) is 4.21. The first kappa shape index (κ1) is 15.4. The van der Waals surface area contributed by atoms with Gasteiger partial charge in [0.25, 0.3) is 5.91 Å². The van der Waals surface area contributed by atoms with Crippen molar-refractivity contribution < 1.29 is 9.53 Å². The van der Waals surface area contributed by atoms with Crippen LogP contribution in [0.4, 0.5) is 0 Å². The number of halogens is 2. The number of hydrogen-bond donors (Lipinski definition) is 1. The molecule has 2 rings (SSSR count). The van der Waals surface area contributed by atoms with E-state index in [-0.39, 0.29) is 0 Å². The summed E-state index contributed by atoms with van der Waals surface area (Å²) in [6.45, 7) is 0. The Morgan fingerprint density at radius 1 is 1.14 bits per heavy atom. The Kier molecular flexibility index (Phi) is 5.20. The van der Waals surface area contributed by atoms with E-state index in [1.807, 2.05) is 0 Å². The predicted octanol–water partition coefficient (Wildman–Crippen LogP) is 3.77. The summed E-state index contributed by atoms with van der Waals surface area (Å²) < 4.78 is 5.11. The summed E-state index contributed by atoms with van der Waals surface area (Å²) >= 11 is 11.7. The molecule has 6 heteroatoms. The van der Waals surface area contributed by atoms with Crippen molar-refractivity contribution in [1.82, 2.24) is 5.43 Å². The molecule has 0 spiro atoms. The molecule has 0 bridgehead atoms. The normalized spacial score (nSPS) is 10.6. The highest BCUT2D eigenvalue weighted by Gasteiger charge is 2.11. The van der Waals surface area contributed by atoms with Gasteiger partial charge in [-0.05, 0) is 35.9 Å². The molecule has 1 amide bonds. The molecule has 0 aromatic heterocycles. The van der Waals surface area contributed by atoms with Crippen LogP contribution in [-0.2, 0) is 0 Å². The number of hydrazone groups is 1. The van der Waals surface area contributed by atoms with E-state index in [0.29, 0.717) is 21.4 Å². The van der Waals surface area contributed by atoms with E-state index in [1.54, 1.807) is 36.4 Å². The molecule has 0 fully saturated rings. The van der Waals surface area contributed by atoms with Gasteiger partial charge in [-0.15, -0.1) is 0 Å². The van der Waals surface area contributed by atoms with Crippen LogP contribution >= 0.6 is 23.2 Å². The van der Waals surface area contributed by atoms with Crippen molar-refractivity contribution >= 4 is 35.3 Å². The number of nitrogens with zero attached hydrogens (tertiary/aromatic N) is 1. The fraction of sp³-hybridized carbons (Fsp3) is 0.0667. The third-order valence-electron chi connectivity index (χ3n) is 2.66. The molecule has 4 nitrogen and oxygen atoms in total. The van der Waals surface area contributed by atoms with E-state index < -0.39 is 5.91 Å². The van der Waals surface area contributed by atoms with Gasteiger partial charge in [0.2, 0.25) is 0 Å². The fourth-order valence-electron chi connectivity index (χ4n) is 1.63. The smallest absolute Gasteiger partial charge is 0.275 e. The quantitative estimate of drug-likeness (QED) is 0.688. The molecule has 0 saturated carbocycles. The first-order valence-electron chi connectivity index (χ1n) is 6.02. The molecule has 0 aliphatic carbocycles. The summed E-state index contributed by atoms with van der Waals surface area (Å²) in [6, 6.07) is 11.9. The van der Waals surface area contributed by atoms with E-state index in [4.69, 9.17) is 27.9 Å². The maximum atomic E-state index is 12.0. The molecule has 0 heterocycles. The number of rotatable bonds is 4. The number of carbonyl (C=O) groups excluding carboxylic acids is 1. The summed E-state index contributed by atoms with van der Waals surface area (Å²) in [5.41, 5.74) is 3.56. The van der Waals surface area contributed by atoms with Gasteiger partial charge >= 0.3 is 0 Å². The highest BCUT2D eigenvalue weighted by Crippen LogP contribution is 2.22. The van der Waals surface area contributed by atoms with Crippen LogP contribution in [-0.4, -0.2) is 19.2 Å². The SMILES string of the molecule is COc1ccc(Cl)cc1C(=O)N/N=C/c1ccc(Cl)cc1. The average molecular weight is 323 g/mol. The average Bonchev–Trinajstić information content (AvgIpc) is 2.49. The minimum Gasteiger partial charge on any atom is -0.496 e. The minimum atomic E-state index is -0.403. The summed E-state index contributed by atoms with van der Waals surface area (Å²) in [4.78, 5) is 12.0. The second kappa shape index (κ2) is 7.11. The Hall–Kier alpha value is -2.04. The number of benzene rings is 2. The Bertz CT molecular complexity index is 670. The highest BCUT2D eigenvalue weighted by atomic mass is 35.5. The Morgan fingerprint density at radius 3 is 2.48 bits per heavy atom. The Labute approximate surface area is 132 Å². The number of carbonyl (C=O) groups is 1. The summed E-state index contributed by atoms with van der Waals surface area (Å²) in [7, 11) is 1.48. The topological polar surface area (TPSA) is 50.7 Å². The van der Waals surface area contributed by atoms with Crippen molar-refractivity contribution in [3.05, 3.63) is 63.6 Å². The van der Waals surface area contributed by atoms with Gasteiger partial charge in [-0.3, -0.25) is 4.79 Å². The fourth-order valence-corrected chi connectivity index (χ4v) is 1.93. The molecule has 2 aromatic rings. The first-order valence-corrected chi connectivity index (χ1v) is 6.78. The second-order valence-electron chi connectivity index (χ2n) is 4.10. The van der Waals surface area contributed by atoms with Gasteiger partial charge in [0.15, 0.2) is 0 Å². The number of amides is 1. The molecule has 1 N–H and O–H groups in total. The molecule has 0 radical (unpaired) electrons. The Morgan fingerprint density at radius 2 is 1.81 bits per heavy atom. The number of hydrogen-bond acceptors (Lipinski definition) is 3. The molecule has 21 heavy (non-hydrogen) atoms. The lowest BCUT2D eigenvalue weighted by molar-refractivity contribution is 0.0952. The molecule has 2 aromatic carbocycles. The monoisotopic (exact) mass is 322 g/mol. The van der Waals surface area contributed by atoms with Crippen LogP contribution in [0.25, 0.3) is 0 Å². The lowest BCUT2D eigenvalue weighted by Crippen LogP contribution is -2.18. The molecule has 108 valence electrons. The van der Waals surface area contributed by atoms with Crippen LogP contribution in [0.15, 0.2) is 47.6 Å². The first-order chi connectivity index (χ1) is 10.1. The van der Waals surface area contributed by atoms with Gasteiger partial charge in [-0.1, -0.05) is 35.3 Å². The zero-order chi connectivity index (χ0) is 15.2. The van der Waals surface area contributed by atoms with Crippen molar-refractivity contribution in [2.24, 2.45) is 5.10 Å². The molecule has 0 unspecified atom stereocenters. The largest absolute Gasteiger partial charge is 0.496 e. The van der Waals surface area contributed by atoms with Crippen molar-refractivity contribution in [3.8, 4) is 5.75 Å². The van der Waals surface area contributed by atoms with Crippen LogP contribution in [0.1, 0.15) is 15.9 Å². The standard InChI is InChI=1S/C15H12Cl2N2O2/c1-21-14-7-6-12(17)8-13(14)15(20)19-18-9-10-2-4-11(16)5-3-10/h2-9H,1H3,(H,19,20)/b18-9+. The van der Waals surface area contributed by atoms with Crippen LogP contribution in [0.2, 0.25) is 10.0 Å². The van der Waals surface area contributed by atoms with Crippen LogP contribution < -0.4 is 10.2 Å². The van der Waals surface area contributed by atoms with Gasteiger partial charge in [-0.2, -0.15) is 5.10 Å². The van der Waals surface area contributed by atoms with E-state index in [9.17, 15) is 4.79 Å². The molecule has 0 aliphatic rings. The maximum Gasteiger partial charge on any atom is 0.275 e. The van der Waals surface area contributed by atoms with Crippen molar-refractivity contribution in [3.63, 3.8) is 0 Å². The summed E-state index contributed by atoms with van der Waals surface area (Å²) in [5, 5.41) is 4.97. The lowest BCUT2D eigenvalue weighted by Gasteiger charge is -2.07. The van der Waals surface area contributed by atoms with Crippen LogP contribution in [0.5, 0.6) is 5.75 Å². The number of ether oxygens (including phenoxy) is 1. The molecule has 0 saturated heterocycles. The van der Waals surface area contributed by atoms with Gasteiger partial charge in [0, 0.05) is 10.0 Å². The van der Waals surface area contributed by atoms with Gasteiger partial charge < -0.3 is 4.74 Å². The Balaban J connectivity index is 2.08. The molecular weight excluding hydrogens is 311 g/mol. The summed E-state index contributed by atoms with van der Waals surface area (Å²) in [5.74, 6) is 0.0261. The predicted molar refractivity (Wildman–Crippen MR) is 84.5 cm³/mol. The molecular formula is C15H12Cl2N2O2. The van der Waals surface area contributed by atoms with E-state index >= 15 is 0 Å². The lowest BCUT2D eigenvalue weighted by atomic mass is 10.2. The van der Waals surface area contributed by atoms with E-state index in [1.165, 1.54) is 19.4 Å². The third-order valence-corrected chi connectivity index (χ3v) is 3.14. The van der Waals surface area contributed by atoms with Crippen LogP contribution in [0.3, 0.4) is 0 Å². The molecule has 0 aliphatic heterocycles. The van der Waals surface area contributed by atoms with Crippen molar-refractivity contribution in [2.45, 2.75) is 0 Å². The number of methoxy groups -OCH3 is 1. The molecule has 0 atom stereocenters. The van der Waals surface area contributed by atoms with Gasteiger partial charge in [-0.25, -0.2) is 5.43 Å². The van der Waals surface area contributed by atoms with Crippen LogP contribution in [0, 0.1) is 0 Å². The van der Waals surface area contributed by atoms with E-state index in [2.05, 4.69) is 10.5 Å². The zero-order valence-electron chi connectivity index (χ0n) is 11.1. The van der Waals surface area contributed by atoms with Gasteiger partial charge in [0.05, 0.1) is 18.9 Å². The highest BCUT2D eigenvalue weighted by molar-refractivity contribution is 6.31. The van der Waals surface area contributed by atoms with Gasteiger partial charge in [0.1, 0.15) is 5.75 Å². The zero-order valence-corrected chi connectivity index (χ0v) is 12.7. The maximum absolute atomic E-state index is 12.0. The number of nitrogens with one attached hydrogen (secondary N) is 1. The minimum absolute atomic E-state index is 0.318. The van der Waals surface area contributed by atoms with Crippen molar-refractivity contribution in [1.29, 1.82) is 0 Å². The van der Waals surface area contributed by atoms with Crippen molar-refractivity contribution in [2.75, 3.05) is 7.11 Å². The van der Waals surface area contributed by atoms with E-state index in [0.717, 1.165) is 5.56 Å².